The molecule has 2 N–H and O–H groups in total. The fraction of sp³-hybridized carbons (Fsp3) is 1.00. The third kappa shape index (κ3) is 2.85. The number of hydrogen-bond donors (Lipinski definition) is 1. The van der Waals surface area contributed by atoms with E-state index in [1.165, 1.54) is 0 Å². The Hall–Kier alpha value is -0.210. The van der Waals surface area contributed by atoms with Crippen LogP contribution in [0.5, 0.6) is 0 Å². The van der Waals surface area contributed by atoms with Crippen LogP contribution in [-0.4, -0.2) is 62.5 Å². The van der Waals surface area contributed by atoms with E-state index >= 15 is 0 Å². The van der Waals surface area contributed by atoms with Crippen molar-refractivity contribution in [1.82, 2.24) is 8.61 Å². The molecule has 1 unspecified atom stereocenters. The molecule has 0 bridgehead atoms. The topological polar surface area (TPSA) is 75.9 Å². The van der Waals surface area contributed by atoms with Crippen LogP contribution in [0.25, 0.3) is 0 Å². The molecule has 1 atom stereocenters. The highest BCUT2D eigenvalue weighted by molar-refractivity contribution is 7.86. The summed E-state index contributed by atoms with van der Waals surface area (Å²) in [6.07, 6.45) is 1.74. The molecule has 0 saturated carbocycles. The second-order valence-corrected chi connectivity index (χ2v) is 7.00. The Morgan fingerprint density at radius 1 is 1.28 bits per heavy atom. The van der Waals surface area contributed by atoms with E-state index in [-0.39, 0.29) is 6.04 Å². The predicted molar refractivity (Wildman–Crippen MR) is 69.3 cm³/mol. The first-order valence-electron chi connectivity index (χ1n) is 6.60. The second kappa shape index (κ2) is 5.83. The van der Waals surface area contributed by atoms with Gasteiger partial charge in [0.05, 0.1) is 13.2 Å². The van der Waals surface area contributed by atoms with Crippen molar-refractivity contribution in [3.05, 3.63) is 0 Å². The molecule has 6 nitrogen and oxygen atoms in total. The van der Waals surface area contributed by atoms with E-state index in [0.29, 0.717) is 45.3 Å². The van der Waals surface area contributed by atoms with Gasteiger partial charge in [-0.3, -0.25) is 0 Å². The summed E-state index contributed by atoms with van der Waals surface area (Å²) in [6.45, 7) is 5.16. The number of morpholine rings is 1. The van der Waals surface area contributed by atoms with Crippen LogP contribution < -0.4 is 5.73 Å². The molecule has 2 fully saturated rings. The first-order valence-corrected chi connectivity index (χ1v) is 8.00. The van der Waals surface area contributed by atoms with Crippen molar-refractivity contribution in [2.75, 3.05) is 39.4 Å². The summed E-state index contributed by atoms with van der Waals surface area (Å²) < 4.78 is 33.5. The van der Waals surface area contributed by atoms with Gasteiger partial charge >= 0.3 is 0 Å². The standard InChI is InChI=1S/C11H23N3O3S/c1-10-9-17-7-6-14(10)18(15,16)13-4-2-11(8-12)3-5-13/h10-11H,2-9,12H2,1H3. The van der Waals surface area contributed by atoms with Gasteiger partial charge in [0, 0.05) is 25.7 Å². The van der Waals surface area contributed by atoms with Crippen molar-refractivity contribution in [2.24, 2.45) is 11.7 Å². The quantitative estimate of drug-likeness (QED) is 0.763. The van der Waals surface area contributed by atoms with Gasteiger partial charge in [0.1, 0.15) is 0 Å². The summed E-state index contributed by atoms with van der Waals surface area (Å²) in [4.78, 5) is 0. The van der Waals surface area contributed by atoms with Crippen LogP contribution in [0.4, 0.5) is 0 Å². The van der Waals surface area contributed by atoms with Gasteiger partial charge < -0.3 is 10.5 Å². The minimum absolute atomic E-state index is 0.0732. The van der Waals surface area contributed by atoms with Gasteiger partial charge in [-0.25, -0.2) is 0 Å². The lowest BCUT2D eigenvalue weighted by atomic mass is 9.99. The zero-order chi connectivity index (χ0) is 13.2. The van der Waals surface area contributed by atoms with E-state index in [9.17, 15) is 8.42 Å². The van der Waals surface area contributed by atoms with E-state index in [1.54, 1.807) is 8.61 Å². The molecule has 2 aliphatic rings. The lowest BCUT2D eigenvalue weighted by Gasteiger charge is -2.38. The molecule has 106 valence electrons. The molecule has 0 aromatic carbocycles. The molecule has 2 aliphatic heterocycles. The third-order valence-corrected chi connectivity index (χ3v) is 5.99. The van der Waals surface area contributed by atoms with Crippen LogP contribution in [-0.2, 0) is 14.9 Å². The highest BCUT2D eigenvalue weighted by Gasteiger charge is 2.36. The zero-order valence-electron chi connectivity index (χ0n) is 10.9. The van der Waals surface area contributed by atoms with Crippen LogP contribution in [0, 0.1) is 5.92 Å². The zero-order valence-corrected chi connectivity index (χ0v) is 11.7. The van der Waals surface area contributed by atoms with E-state index in [0.717, 1.165) is 12.8 Å². The number of piperidine rings is 1. The van der Waals surface area contributed by atoms with Gasteiger partial charge in [0.25, 0.3) is 10.2 Å². The van der Waals surface area contributed by atoms with Crippen molar-refractivity contribution in [3.8, 4) is 0 Å². The van der Waals surface area contributed by atoms with Gasteiger partial charge in [-0.05, 0) is 32.2 Å². The maximum absolute atomic E-state index is 12.5. The van der Waals surface area contributed by atoms with Crippen LogP contribution in [0.2, 0.25) is 0 Å². The summed E-state index contributed by atoms with van der Waals surface area (Å²) in [5, 5.41) is 0. The molecule has 0 aliphatic carbocycles. The van der Waals surface area contributed by atoms with E-state index in [4.69, 9.17) is 10.5 Å². The predicted octanol–water partition coefficient (Wildman–Crippen LogP) is -0.377. The number of hydrogen-bond acceptors (Lipinski definition) is 4. The maximum atomic E-state index is 12.5. The largest absolute Gasteiger partial charge is 0.378 e. The first-order chi connectivity index (χ1) is 8.55. The second-order valence-electron chi connectivity index (χ2n) is 5.12. The Balaban J connectivity index is 2.02. The fourth-order valence-electron chi connectivity index (χ4n) is 2.58. The molecule has 0 radical (unpaired) electrons. The highest BCUT2D eigenvalue weighted by Crippen LogP contribution is 2.22. The van der Waals surface area contributed by atoms with Crippen molar-refractivity contribution < 1.29 is 13.2 Å². The summed E-state index contributed by atoms with van der Waals surface area (Å²) in [5.74, 6) is 0.471. The molecule has 0 aromatic rings. The molecule has 2 heterocycles. The smallest absolute Gasteiger partial charge is 0.282 e. The van der Waals surface area contributed by atoms with Gasteiger partial charge in [-0.1, -0.05) is 0 Å². The van der Waals surface area contributed by atoms with Crippen molar-refractivity contribution in [1.29, 1.82) is 0 Å². The van der Waals surface area contributed by atoms with Crippen molar-refractivity contribution >= 4 is 10.2 Å². The molecule has 0 amide bonds. The molecular weight excluding hydrogens is 254 g/mol. The Labute approximate surface area is 109 Å². The average Bonchev–Trinajstić information content (AvgIpc) is 2.39. The Morgan fingerprint density at radius 3 is 2.50 bits per heavy atom. The minimum Gasteiger partial charge on any atom is -0.378 e. The van der Waals surface area contributed by atoms with Gasteiger partial charge in [-0.2, -0.15) is 17.0 Å². The Kier molecular flexibility index (Phi) is 4.60. The van der Waals surface area contributed by atoms with Crippen LogP contribution in [0.3, 0.4) is 0 Å². The van der Waals surface area contributed by atoms with E-state index in [1.807, 2.05) is 6.92 Å². The molecular formula is C11H23N3O3S. The lowest BCUT2D eigenvalue weighted by Crippen LogP contribution is -2.54. The number of nitrogens with two attached hydrogens (primary N) is 1. The van der Waals surface area contributed by atoms with Crippen LogP contribution in [0.1, 0.15) is 19.8 Å². The number of ether oxygens (including phenoxy) is 1. The van der Waals surface area contributed by atoms with Gasteiger partial charge in [-0.15, -0.1) is 0 Å². The van der Waals surface area contributed by atoms with Crippen molar-refractivity contribution in [3.63, 3.8) is 0 Å². The average molecular weight is 277 g/mol. The Bertz CT molecular complexity index is 366. The normalized spacial score (nSPS) is 29.6. The minimum atomic E-state index is -3.32. The van der Waals surface area contributed by atoms with Crippen LogP contribution in [0.15, 0.2) is 0 Å². The Morgan fingerprint density at radius 2 is 1.94 bits per heavy atom. The highest BCUT2D eigenvalue weighted by atomic mass is 32.2. The molecule has 0 aromatic heterocycles. The summed E-state index contributed by atoms with van der Waals surface area (Å²) in [6, 6.07) is -0.0732. The van der Waals surface area contributed by atoms with Gasteiger partial charge in [0.15, 0.2) is 0 Å². The SMILES string of the molecule is CC1COCCN1S(=O)(=O)N1CCC(CN)CC1. The number of nitrogens with zero attached hydrogens (tertiary/aromatic N) is 2. The van der Waals surface area contributed by atoms with Gasteiger partial charge in [0.2, 0.25) is 0 Å². The monoisotopic (exact) mass is 277 g/mol. The molecule has 2 saturated heterocycles. The fourth-order valence-corrected chi connectivity index (χ4v) is 4.37. The molecule has 18 heavy (non-hydrogen) atoms. The molecule has 7 heteroatoms. The van der Waals surface area contributed by atoms with E-state index in [2.05, 4.69) is 0 Å². The molecule has 2 rings (SSSR count). The molecule has 0 spiro atoms. The number of rotatable bonds is 3. The lowest BCUT2D eigenvalue weighted by molar-refractivity contribution is 0.0357. The summed E-state index contributed by atoms with van der Waals surface area (Å²) in [7, 11) is -3.32. The van der Waals surface area contributed by atoms with Crippen molar-refractivity contribution in [2.45, 2.75) is 25.8 Å². The first kappa shape index (κ1) is 14.2. The maximum Gasteiger partial charge on any atom is 0.282 e. The van der Waals surface area contributed by atoms with E-state index < -0.39 is 10.2 Å². The summed E-state index contributed by atoms with van der Waals surface area (Å²) in [5.41, 5.74) is 5.63. The van der Waals surface area contributed by atoms with Crippen LogP contribution >= 0.6 is 0 Å². The summed E-state index contributed by atoms with van der Waals surface area (Å²) >= 11 is 0. The third-order valence-electron chi connectivity index (χ3n) is 3.84.